The molecule has 1 heterocycles. The number of carbonyl (C=O) groups is 2. The second-order valence-corrected chi connectivity index (χ2v) is 5.74. The van der Waals surface area contributed by atoms with Gasteiger partial charge >= 0.3 is 6.03 Å². The lowest BCUT2D eigenvalue weighted by Crippen LogP contribution is -2.39. The van der Waals surface area contributed by atoms with E-state index in [-0.39, 0.29) is 24.4 Å². The molecule has 0 saturated carbocycles. The van der Waals surface area contributed by atoms with Crippen LogP contribution in [0.5, 0.6) is 0 Å². The van der Waals surface area contributed by atoms with Crippen molar-refractivity contribution in [3.8, 4) is 0 Å². The summed E-state index contributed by atoms with van der Waals surface area (Å²) in [5.41, 5.74) is 1.40. The molecule has 1 atom stereocenters. The number of aromatic nitrogens is 3. The van der Waals surface area contributed by atoms with Crippen molar-refractivity contribution in [3.63, 3.8) is 0 Å². The highest BCUT2D eigenvalue weighted by molar-refractivity contribution is 5.91. The summed E-state index contributed by atoms with van der Waals surface area (Å²) in [6, 6.07) is 6.82. The lowest BCUT2D eigenvalue weighted by atomic mass is 10.1. The maximum Gasteiger partial charge on any atom is 0.319 e. The molecule has 2 aromatic rings. The Balaban J connectivity index is 1.94. The molecule has 0 radical (unpaired) electrons. The molecule has 0 aliphatic carbocycles. The molecule has 2 N–H and O–H groups in total. The first-order valence-electron chi connectivity index (χ1n) is 7.63. The summed E-state index contributed by atoms with van der Waals surface area (Å²) in [4.78, 5) is 29.4. The van der Waals surface area contributed by atoms with Crippen molar-refractivity contribution in [3.05, 3.63) is 42.5 Å². The zero-order valence-corrected chi connectivity index (χ0v) is 14.1. The summed E-state index contributed by atoms with van der Waals surface area (Å²) >= 11 is 0. The first-order chi connectivity index (χ1) is 11.5. The van der Waals surface area contributed by atoms with Crippen LogP contribution < -0.4 is 10.6 Å². The standard InChI is InChI=1S/C16H22N6O2/c1-12(9-22-11-17-10-18-22)19-16(24)20-14-7-5-4-6-13(14)8-15(23)21(2)3/h4-7,10-12H,8-9H2,1-3H3,(H2,19,20,24)/t12-/m1/s1. The van der Waals surface area contributed by atoms with Crippen LogP contribution in [-0.2, 0) is 17.8 Å². The van der Waals surface area contributed by atoms with E-state index in [0.717, 1.165) is 5.56 Å². The minimum Gasteiger partial charge on any atom is -0.349 e. The number of urea groups is 1. The summed E-state index contributed by atoms with van der Waals surface area (Å²) in [6.45, 7) is 2.40. The van der Waals surface area contributed by atoms with Gasteiger partial charge in [0, 0.05) is 25.8 Å². The van der Waals surface area contributed by atoms with Crippen LogP contribution in [0.25, 0.3) is 0 Å². The van der Waals surface area contributed by atoms with E-state index in [1.165, 1.54) is 11.2 Å². The van der Waals surface area contributed by atoms with E-state index in [9.17, 15) is 9.59 Å². The average Bonchev–Trinajstić information content (AvgIpc) is 3.01. The summed E-state index contributed by atoms with van der Waals surface area (Å²) < 4.78 is 1.65. The third-order valence-electron chi connectivity index (χ3n) is 3.41. The number of likely N-dealkylation sites (N-methyl/N-ethyl adjacent to an activating group) is 1. The Morgan fingerprint density at radius 3 is 2.71 bits per heavy atom. The second-order valence-electron chi connectivity index (χ2n) is 5.74. The van der Waals surface area contributed by atoms with Crippen molar-refractivity contribution in [2.24, 2.45) is 0 Å². The van der Waals surface area contributed by atoms with Crippen LogP contribution in [0.3, 0.4) is 0 Å². The fraction of sp³-hybridized carbons (Fsp3) is 0.375. The van der Waals surface area contributed by atoms with E-state index < -0.39 is 0 Å². The van der Waals surface area contributed by atoms with Crippen molar-refractivity contribution in [2.45, 2.75) is 25.9 Å². The van der Waals surface area contributed by atoms with E-state index >= 15 is 0 Å². The van der Waals surface area contributed by atoms with Gasteiger partial charge in [-0.15, -0.1) is 0 Å². The van der Waals surface area contributed by atoms with Gasteiger partial charge < -0.3 is 15.5 Å². The molecule has 24 heavy (non-hydrogen) atoms. The number of nitrogens with zero attached hydrogens (tertiary/aromatic N) is 4. The number of anilines is 1. The van der Waals surface area contributed by atoms with Gasteiger partial charge in [-0.2, -0.15) is 5.10 Å². The van der Waals surface area contributed by atoms with Gasteiger partial charge in [-0.3, -0.25) is 9.48 Å². The Morgan fingerprint density at radius 2 is 2.04 bits per heavy atom. The van der Waals surface area contributed by atoms with Crippen molar-refractivity contribution in [1.82, 2.24) is 25.0 Å². The molecule has 2 rings (SSSR count). The Hall–Kier alpha value is -2.90. The largest absolute Gasteiger partial charge is 0.349 e. The van der Waals surface area contributed by atoms with Gasteiger partial charge in [0.1, 0.15) is 12.7 Å². The molecule has 0 unspecified atom stereocenters. The van der Waals surface area contributed by atoms with Gasteiger partial charge in [-0.25, -0.2) is 9.78 Å². The van der Waals surface area contributed by atoms with Gasteiger partial charge in [0.2, 0.25) is 5.91 Å². The molecule has 0 spiro atoms. The van der Waals surface area contributed by atoms with E-state index in [1.807, 2.05) is 25.1 Å². The number of carbonyl (C=O) groups excluding carboxylic acids is 2. The first-order valence-corrected chi connectivity index (χ1v) is 7.63. The van der Waals surface area contributed by atoms with Gasteiger partial charge in [0.05, 0.1) is 13.0 Å². The van der Waals surface area contributed by atoms with Gasteiger partial charge in [0.15, 0.2) is 0 Å². The highest BCUT2D eigenvalue weighted by Gasteiger charge is 2.13. The summed E-state index contributed by atoms with van der Waals surface area (Å²) in [5, 5.41) is 9.64. The number of nitrogens with one attached hydrogen (secondary N) is 2. The minimum atomic E-state index is -0.327. The van der Waals surface area contributed by atoms with Crippen molar-refractivity contribution in [1.29, 1.82) is 0 Å². The second kappa shape index (κ2) is 8.09. The average molecular weight is 330 g/mol. The van der Waals surface area contributed by atoms with Crippen molar-refractivity contribution >= 4 is 17.6 Å². The summed E-state index contributed by atoms with van der Waals surface area (Å²) in [7, 11) is 3.41. The van der Waals surface area contributed by atoms with Crippen LogP contribution >= 0.6 is 0 Å². The monoisotopic (exact) mass is 330 g/mol. The first kappa shape index (κ1) is 17.5. The Kier molecular flexibility index (Phi) is 5.89. The molecular weight excluding hydrogens is 308 g/mol. The fourth-order valence-electron chi connectivity index (χ4n) is 2.15. The SMILES string of the molecule is C[C@H](Cn1cncn1)NC(=O)Nc1ccccc1CC(=O)N(C)C. The number of rotatable bonds is 6. The Morgan fingerprint density at radius 1 is 1.29 bits per heavy atom. The van der Waals surface area contributed by atoms with Gasteiger partial charge in [-0.1, -0.05) is 18.2 Å². The molecule has 0 bridgehead atoms. The van der Waals surface area contributed by atoms with Crippen LogP contribution in [-0.4, -0.2) is 51.7 Å². The number of hydrogen-bond acceptors (Lipinski definition) is 4. The van der Waals surface area contributed by atoms with Gasteiger partial charge in [0.25, 0.3) is 0 Å². The molecule has 1 aromatic carbocycles. The molecule has 0 fully saturated rings. The highest BCUT2D eigenvalue weighted by atomic mass is 16.2. The number of para-hydroxylation sites is 1. The van der Waals surface area contributed by atoms with Crippen LogP contribution in [0.2, 0.25) is 0 Å². The molecule has 128 valence electrons. The predicted octanol–water partition coefficient (Wildman–Crippen LogP) is 1.12. The minimum absolute atomic E-state index is 0.0239. The highest BCUT2D eigenvalue weighted by Crippen LogP contribution is 2.16. The molecule has 1 aromatic heterocycles. The molecular formula is C16H22N6O2. The lowest BCUT2D eigenvalue weighted by molar-refractivity contribution is -0.127. The maximum atomic E-state index is 12.2. The number of hydrogen-bond donors (Lipinski definition) is 2. The molecule has 0 saturated heterocycles. The molecule has 8 heteroatoms. The zero-order chi connectivity index (χ0) is 17.5. The van der Waals surface area contributed by atoms with Crippen LogP contribution in [0.4, 0.5) is 10.5 Å². The van der Waals surface area contributed by atoms with E-state index in [1.54, 1.807) is 31.2 Å². The van der Waals surface area contributed by atoms with Gasteiger partial charge in [-0.05, 0) is 18.6 Å². The summed E-state index contributed by atoms with van der Waals surface area (Å²) in [5.74, 6) is -0.0239. The molecule has 3 amide bonds. The number of amides is 3. The third-order valence-corrected chi connectivity index (χ3v) is 3.41. The topological polar surface area (TPSA) is 92.1 Å². The zero-order valence-electron chi connectivity index (χ0n) is 14.1. The summed E-state index contributed by atoms with van der Waals surface area (Å²) in [6.07, 6.45) is 3.28. The fourth-order valence-corrected chi connectivity index (χ4v) is 2.15. The van der Waals surface area contributed by atoms with E-state index in [2.05, 4.69) is 20.7 Å². The Labute approximate surface area is 140 Å². The van der Waals surface area contributed by atoms with Crippen molar-refractivity contribution in [2.75, 3.05) is 19.4 Å². The quantitative estimate of drug-likeness (QED) is 0.830. The Bertz CT molecular complexity index is 684. The van der Waals surface area contributed by atoms with E-state index in [0.29, 0.717) is 12.2 Å². The lowest BCUT2D eigenvalue weighted by Gasteiger charge is -2.17. The number of benzene rings is 1. The molecule has 0 aliphatic heterocycles. The molecule has 8 nitrogen and oxygen atoms in total. The smallest absolute Gasteiger partial charge is 0.319 e. The van der Waals surface area contributed by atoms with Crippen LogP contribution in [0.1, 0.15) is 12.5 Å². The van der Waals surface area contributed by atoms with Crippen LogP contribution in [0, 0.1) is 0 Å². The van der Waals surface area contributed by atoms with Crippen LogP contribution in [0.15, 0.2) is 36.9 Å². The normalized spacial score (nSPS) is 11.6. The predicted molar refractivity (Wildman–Crippen MR) is 90.5 cm³/mol. The molecule has 0 aliphatic rings. The van der Waals surface area contributed by atoms with Crippen molar-refractivity contribution < 1.29 is 9.59 Å². The van der Waals surface area contributed by atoms with E-state index in [4.69, 9.17) is 0 Å². The maximum absolute atomic E-state index is 12.2. The third kappa shape index (κ3) is 5.08.